The van der Waals surface area contributed by atoms with Crippen molar-refractivity contribution in [2.45, 2.75) is 29.4 Å². The first-order chi connectivity index (χ1) is 15.4. The van der Waals surface area contributed by atoms with Crippen LogP contribution in [0.1, 0.15) is 0 Å². The van der Waals surface area contributed by atoms with Crippen LogP contribution >= 0.6 is 35.3 Å². The van der Waals surface area contributed by atoms with Crippen molar-refractivity contribution in [2.75, 3.05) is 0 Å². The molecule has 8 heteroatoms. The Morgan fingerprint density at radius 3 is 1.72 bits per heavy atom. The number of phenols is 5. The Morgan fingerprint density at radius 2 is 1.03 bits per heavy atom. The van der Waals surface area contributed by atoms with Crippen LogP contribution in [0.25, 0.3) is 0 Å². The van der Waals surface area contributed by atoms with Crippen molar-refractivity contribution >= 4 is 35.3 Å². The average molecular weight is 483 g/mol. The normalized spacial score (nSPS) is 10.9. The molecule has 0 spiro atoms. The molecule has 32 heavy (non-hydrogen) atoms. The summed E-state index contributed by atoms with van der Waals surface area (Å²) in [5.41, 5.74) is 0. The van der Waals surface area contributed by atoms with Crippen LogP contribution < -0.4 is 0 Å². The van der Waals surface area contributed by atoms with E-state index in [0.29, 0.717) is 19.6 Å². The zero-order valence-electron chi connectivity index (χ0n) is 16.5. The lowest BCUT2D eigenvalue weighted by Crippen LogP contribution is -1.85. The lowest BCUT2D eigenvalue weighted by molar-refractivity contribution is 0.428. The summed E-state index contributed by atoms with van der Waals surface area (Å²) in [5.74, 6) is 0.266. The van der Waals surface area contributed by atoms with Crippen LogP contribution in [0.5, 0.6) is 28.7 Å². The van der Waals surface area contributed by atoms with Gasteiger partial charge in [0.25, 0.3) is 0 Å². The monoisotopic (exact) mass is 482 g/mol. The Kier molecular flexibility index (Phi) is 6.64. The molecule has 0 atom stereocenters. The summed E-state index contributed by atoms with van der Waals surface area (Å²) in [6, 6.07) is 21.3. The maximum atomic E-state index is 10.5. The fourth-order valence-corrected chi connectivity index (χ4v) is 5.97. The number of benzene rings is 4. The molecule has 0 bridgehead atoms. The Bertz CT molecular complexity index is 1240. The molecule has 0 aliphatic carbocycles. The van der Waals surface area contributed by atoms with Gasteiger partial charge in [-0.3, -0.25) is 0 Å². The third-order valence-corrected chi connectivity index (χ3v) is 8.06. The molecule has 0 fully saturated rings. The van der Waals surface area contributed by atoms with Gasteiger partial charge >= 0.3 is 0 Å². The van der Waals surface area contributed by atoms with Gasteiger partial charge in [0.1, 0.15) is 28.7 Å². The van der Waals surface area contributed by atoms with Crippen LogP contribution in [-0.2, 0) is 0 Å². The van der Waals surface area contributed by atoms with Crippen molar-refractivity contribution in [1.82, 2.24) is 0 Å². The lowest BCUT2D eigenvalue weighted by atomic mass is 10.3. The highest BCUT2D eigenvalue weighted by Crippen LogP contribution is 2.49. The maximum Gasteiger partial charge on any atom is 0.133 e. The minimum absolute atomic E-state index is 0.0417. The number of aromatic hydroxyl groups is 5. The molecule has 0 radical (unpaired) electrons. The van der Waals surface area contributed by atoms with Gasteiger partial charge in [-0.05, 0) is 66.7 Å². The second kappa shape index (κ2) is 9.60. The highest BCUT2D eigenvalue weighted by atomic mass is 32.2. The number of phenolic OH excluding ortho intramolecular Hbond substituents is 5. The zero-order chi connectivity index (χ0) is 22.7. The minimum atomic E-state index is -0.0417. The molecular weight excluding hydrogens is 464 g/mol. The van der Waals surface area contributed by atoms with Gasteiger partial charge in [-0.15, -0.1) is 0 Å². The topological polar surface area (TPSA) is 101 Å². The van der Waals surface area contributed by atoms with E-state index in [2.05, 4.69) is 0 Å². The largest absolute Gasteiger partial charge is 0.508 e. The van der Waals surface area contributed by atoms with Crippen molar-refractivity contribution in [1.29, 1.82) is 0 Å². The molecule has 0 aromatic heterocycles. The maximum absolute atomic E-state index is 10.5. The molecule has 0 saturated carbocycles. The average Bonchev–Trinajstić information content (AvgIpc) is 2.76. The zero-order valence-corrected chi connectivity index (χ0v) is 18.9. The van der Waals surface area contributed by atoms with Gasteiger partial charge in [0.05, 0.1) is 9.79 Å². The minimum Gasteiger partial charge on any atom is -0.508 e. The first-order valence-electron chi connectivity index (χ1n) is 9.39. The molecule has 0 aliphatic rings. The quantitative estimate of drug-likeness (QED) is 0.208. The highest BCUT2D eigenvalue weighted by Gasteiger charge is 2.16. The molecular formula is C24H18O5S3. The standard InChI is InChI=1S/C24H18O5S3/c25-14-7-10-16(11-8-14)30-24-19(29)5-2-6-21(24)31-22-13-15(26)9-12-20(22)32-23-17(27)3-1-4-18(23)28/h1-13,25-29H. The Balaban J connectivity index is 1.70. The summed E-state index contributed by atoms with van der Waals surface area (Å²) in [6.45, 7) is 0. The van der Waals surface area contributed by atoms with Crippen molar-refractivity contribution < 1.29 is 25.5 Å². The van der Waals surface area contributed by atoms with E-state index in [-0.39, 0.29) is 28.7 Å². The molecule has 0 amide bonds. The van der Waals surface area contributed by atoms with E-state index in [9.17, 15) is 25.5 Å². The van der Waals surface area contributed by atoms with E-state index in [4.69, 9.17) is 0 Å². The third kappa shape index (κ3) is 5.04. The van der Waals surface area contributed by atoms with Gasteiger partial charge < -0.3 is 25.5 Å². The van der Waals surface area contributed by atoms with Gasteiger partial charge in [0, 0.05) is 19.6 Å². The van der Waals surface area contributed by atoms with Crippen molar-refractivity contribution in [3.63, 3.8) is 0 Å². The van der Waals surface area contributed by atoms with Crippen LogP contribution in [0.2, 0.25) is 0 Å². The molecule has 4 rings (SSSR count). The van der Waals surface area contributed by atoms with Crippen LogP contribution in [0, 0.1) is 0 Å². The summed E-state index contributed by atoms with van der Waals surface area (Å²) in [5, 5.41) is 50.4. The van der Waals surface area contributed by atoms with Crippen molar-refractivity contribution in [3.8, 4) is 28.7 Å². The van der Waals surface area contributed by atoms with Gasteiger partial charge in [0.2, 0.25) is 0 Å². The van der Waals surface area contributed by atoms with Gasteiger partial charge in [0.15, 0.2) is 0 Å². The smallest absolute Gasteiger partial charge is 0.133 e. The van der Waals surface area contributed by atoms with E-state index < -0.39 is 0 Å². The Hall–Kier alpha value is -3.07. The summed E-state index contributed by atoms with van der Waals surface area (Å²) in [6.07, 6.45) is 0. The van der Waals surface area contributed by atoms with Crippen molar-refractivity contribution in [2.24, 2.45) is 0 Å². The number of rotatable bonds is 6. The van der Waals surface area contributed by atoms with Crippen molar-refractivity contribution in [3.05, 3.63) is 78.9 Å². The highest BCUT2D eigenvalue weighted by molar-refractivity contribution is 8.03. The molecule has 0 heterocycles. The van der Waals surface area contributed by atoms with Crippen LogP contribution in [-0.4, -0.2) is 25.5 Å². The summed E-state index contributed by atoms with van der Waals surface area (Å²) < 4.78 is 0. The molecule has 4 aromatic carbocycles. The van der Waals surface area contributed by atoms with E-state index >= 15 is 0 Å². The van der Waals surface area contributed by atoms with E-state index in [0.717, 1.165) is 9.79 Å². The molecule has 0 unspecified atom stereocenters. The predicted molar refractivity (Wildman–Crippen MR) is 126 cm³/mol. The van der Waals surface area contributed by atoms with E-state index in [1.165, 1.54) is 53.5 Å². The van der Waals surface area contributed by atoms with Gasteiger partial charge in [-0.25, -0.2) is 0 Å². The van der Waals surface area contributed by atoms with Gasteiger partial charge in [-0.2, -0.15) is 0 Å². The SMILES string of the molecule is Oc1ccc(Sc2c(O)cccc2Sc2cc(O)ccc2Sc2c(O)cccc2O)cc1. The fraction of sp³-hybridized carbons (Fsp3) is 0. The first kappa shape index (κ1) is 22.1. The first-order valence-corrected chi connectivity index (χ1v) is 11.8. The van der Waals surface area contributed by atoms with E-state index in [1.54, 1.807) is 54.6 Å². The molecule has 5 nitrogen and oxygen atoms in total. The molecule has 162 valence electrons. The second-order valence-corrected chi connectivity index (χ2v) is 9.88. The number of hydrogen-bond acceptors (Lipinski definition) is 8. The molecule has 0 saturated heterocycles. The summed E-state index contributed by atoms with van der Waals surface area (Å²) >= 11 is 3.89. The van der Waals surface area contributed by atoms with E-state index in [1.807, 2.05) is 6.07 Å². The third-order valence-electron chi connectivity index (χ3n) is 4.35. The Labute approximate surface area is 197 Å². The van der Waals surface area contributed by atoms with Crippen LogP contribution in [0.3, 0.4) is 0 Å². The second-order valence-electron chi connectivity index (χ2n) is 6.66. The van der Waals surface area contributed by atoms with Crippen LogP contribution in [0.4, 0.5) is 0 Å². The Morgan fingerprint density at radius 1 is 0.438 bits per heavy atom. The fourth-order valence-electron chi connectivity index (χ4n) is 2.83. The summed E-state index contributed by atoms with van der Waals surface area (Å²) in [4.78, 5) is 3.96. The lowest BCUT2D eigenvalue weighted by Gasteiger charge is -2.14. The summed E-state index contributed by atoms with van der Waals surface area (Å²) in [7, 11) is 0. The molecule has 5 N–H and O–H groups in total. The number of hydrogen-bond donors (Lipinski definition) is 5. The van der Waals surface area contributed by atoms with Gasteiger partial charge in [-0.1, -0.05) is 47.4 Å². The molecule has 4 aromatic rings. The molecule has 0 aliphatic heterocycles. The van der Waals surface area contributed by atoms with Crippen LogP contribution in [0.15, 0.2) is 108 Å². The predicted octanol–water partition coefficient (Wildman–Crippen LogP) is 6.67.